The van der Waals surface area contributed by atoms with Crippen LogP contribution in [0.2, 0.25) is 0 Å². The Morgan fingerprint density at radius 2 is 1.75 bits per heavy atom. The van der Waals surface area contributed by atoms with Crippen LogP contribution < -0.4 is 5.73 Å². The molecule has 2 atom stereocenters. The third kappa shape index (κ3) is 2.88. The SMILES string of the molecule is CC1CN(C(N)=NC2CCCC2)CC(C)O1. The maximum absolute atomic E-state index is 6.07. The molecule has 0 amide bonds. The number of aliphatic imine (C=N–C) groups is 1. The van der Waals surface area contributed by atoms with E-state index in [-0.39, 0.29) is 12.2 Å². The fourth-order valence-corrected chi connectivity index (χ4v) is 2.67. The van der Waals surface area contributed by atoms with Crippen molar-refractivity contribution in [2.75, 3.05) is 13.1 Å². The number of ether oxygens (including phenoxy) is 1. The average molecular weight is 225 g/mol. The molecule has 0 bridgehead atoms. The number of rotatable bonds is 1. The molecular formula is C12H23N3O. The van der Waals surface area contributed by atoms with E-state index in [4.69, 9.17) is 10.5 Å². The highest BCUT2D eigenvalue weighted by Crippen LogP contribution is 2.21. The number of nitrogens with zero attached hydrogens (tertiary/aromatic N) is 2. The number of guanidine groups is 1. The first-order valence-electron chi connectivity index (χ1n) is 6.39. The summed E-state index contributed by atoms with van der Waals surface area (Å²) in [7, 11) is 0. The Morgan fingerprint density at radius 3 is 2.31 bits per heavy atom. The summed E-state index contributed by atoms with van der Waals surface area (Å²) in [6.07, 6.45) is 5.52. The lowest BCUT2D eigenvalue weighted by Crippen LogP contribution is -2.51. The Bertz CT molecular complexity index is 251. The highest BCUT2D eigenvalue weighted by molar-refractivity contribution is 5.78. The summed E-state index contributed by atoms with van der Waals surface area (Å²) < 4.78 is 5.68. The van der Waals surface area contributed by atoms with Gasteiger partial charge in [-0.05, 0) is 26.7 Å². The van der Waals surface area contributed by atoms with Crippen LogP contribution >= 0.6 is 0 Å². The molecule has 2 rings (SSSR count). The standard InChI is InChI=1S/C12H23N3O/c1-9-7-15(8-10(2)16-9)12(13)14-11-5-3-4-6-11/h9-11H,3-8H2,1-2H3,(H2,13,14). The van der Waals surface area contributed by atoms with E-state index in [1.165, 1.54) is 25.7 Å². The van der Waals surface area contributed by atoms with Crippen molar-refractivity contribution in [3.05, 3.63) is 0 Å². The van der Waals surface area contributed by atoms with E-state index in [0.29, 0.717) is 12.0 Å². The van der Waals surface area contributed by atoms with Crippen LogP contribution in [-0.4, -0.2) is 42.2 Å². The third-order valence-electron chi connectivity index (χ3n) is 3.38. The molecule has 4 heteroatoms. The molecule has 1 aliphatic heterocycles. The zero-order valence-corrected chi connectivity index (χ0v) is 10.4. The quantitative estimate of drug-likeness (QED) is 0.541. The number of hydrogen-bond acceptors (Lipinski definition) is 2. The van der Waals surface area contributed by atoms with Crippen LogP contribution in [0.25, 0.3) is 0 Å². The molecule has 0 radical (unpaired) electrons. The van der Waals surface area contributed by atoms with Crippen molar-refractivity contribution in [3.8, 4) is 0 Å². The van der Waals surface area contributed by atoms with E-state index < -0.39 is 0 Å². The highest BCUT2D eigenvalue weighted by atomic mass is 16.5. The smallest absolute Gasteiger partial charge is 0.191 e. The Balaban J connectivity index is 1.94. The minimum absolute atomic E-state index is 0.251. The van der Waals surface area contributed by atoms with Crippen LogP contribution in [0, 0.1) is 0 Å². The molecule has 2 N–H and O–H groups in total. The fraction of sp³-hybridized carbons (Fsp3) is 0.917. The van der Waals surface area contributed by atoms with Crippen molar-refractivity contribution in [3.63, 3.8) is 0 Å². The van der Waals surface area contributed by atoms with Crippen LogP contribution in [0.3, 0.4) is 0 Å². The van der Waals surface area contributed by atoms with Gasteiger partial charge in [-0.1, -0.05) is 12.8 Å². The Morgan fingerprint density at radius 1 is 1.19 bits per heavy atom. The predicted octanol–water partition coefficient (Wildman–Crippen LogP) is 1.35. The van der Waals surface area contributed by atoms with E-state index >= 15 is 0 Å². The zero-order chi connectivity index (χ0) is 11.5. The first-order chi connectivity index (χ1) is 7.65. The van der Waals surface area contributed by atoms with Gasteiger partial charge in [0.1, 0.15) is 0 Å². The third-order valence-corrected chi connectivity index (χ3v) is 3.38. The van der Waals surface area contributed by atoms with Crippen LogP contribution in [0.5, 0.6) is 0 Å². The van der Waals surface area contributed by atoms with Gasteiger partial charge in [0.25, 0.3) is 0 Å². The summed E-state index contributed by atoms with van der Waals surface area (Å²) in [6, 6.07) is 0.466. The molecule has 1 saturated heterocycles. The van der Waals surface area contributed by atoms with Crippen molar-refractivity contribution in [1.82, 2.24) is 4.90 Å². The van der Waals surface area contributed by atoms with Gasteiger partial charge in [-0.3, -0.25) is 0 Å². The number of nitrogens with two attached hydrogens (primary N) is 1. The molecule has 0 aromatic carbocycles. The highest BCUT2D eigenvalue weighted by Gasteiger charge is 2.24. The maximum Gasteiger partial charge on any atom is 0.191 e. The maximum atomic E-state index is 6.07. The van der Waals surface area contributed by atoms with Gasteiger partial charge in [-0.25, -0.2) is 4.99 Å². The van der Waals surface area contributed by atoms with E-state index in [2.05, 4.69) is 23.7 Å². The van der Waals surface area contributed by atoms with Crippen molar-refractivity contribution in [2.45, 2.75) is 57.8 Å². The zero-order valence-electron chi connectivity index (χ0n) is 10.4. The molecule has 92 valence electrons. The van der Waals surface area contributed by atoms with E-state index in [1.54, 1.807) is 0 Å². The normalized spacial score (nSPS) is 33.4. The first-order valence-corrected chi connectivity index (χ1v) is 6.39. The first kappa shape index (κ1) is 11.7. The lowest BCUT2D eigenvalue weighted by molar-refractivity contribution is -0.0484. The van der Waals surface area contributed by atoms with E-state index in [0.717, 1.165) is 13.1 Å². The molecule has 2 unspecified atom stereocenters. The molecule has 1 aliphatic carbocycles. The Kier molecular flexibility index (Phi) is 3.69. The number of hydrogen-bond donors (Lipinski definition) is 1. The Hall–Kier alpha value is -0.770. The lowest BCUT2D eigenvalue weighted by Gasteiger charge is -2.36. The minimum Gasteiger partial charge on any atom is -0.372 e. The molecule has 0 aromatic rings. The predicted molar refractivity (Wildman–Crippen MR) is 65.5 cm³/mol. The second-order valence-corrected chi connectivity index (χ2v) is 5.09. The summed E-state index contributed by atoms with van der Waals surface area (Å²) in [6.45, 7) is 5.91. The average Bonchev–Trinajstić information content (AvgIpc) is 2.68. The van der Waals surface area contributed by atoms with Crippen molar-refractivity contribution >= 4 is 5.96 Å². The molecule has 0 spiro atoms. The van der Waals surface area contributed by atoms with E-state index in [1.807, 2.05) is 0 Å². The molecule has 2 aliphatic rings. The van der Waals surface area contributed by atoms with Gasteiger partial charge < -0.3 is 15.4 Å². The van der Waals surface area contributed by atoms with Gasteiger partial charge in [0, 0.05) is 13.1 Å². The summed E-state index contributed by atoms with van der Waals surface area (Å²) in [5.74, 6) is 0.717. The van der Waals surface area contributed by atoms with Crippen molar-refractivity contribution < 1.29 is 4.74 Å². The summed E-state index contributed by atoms with van der Waals surface area (Å²) in [4.78, 5) is 6.80. The monoisotopic (exact) mass is 225 g/mol. The second-order valence-electron chi connectivity index (χ2n) is 5.09. The lowest BCUT2D eigenvalue weighted by atomic mass is 10.2. The number of morpholine rings is 1. The van der Waals surface area contributed by atoms with Gasteiger partial charge in [0.05, 0.1) is 18.2 Å². The van der Waals surface area contributed by atoms with Gasteiger partial charge >= 0.3 is 0 Å². The van der Waals surface area contributed by atoms with Crippen molar-refractivity contribution in [2.24, 2.45) is 10.7 Å². The molecule has 1 saturated carbocycles. The fourth-order valence-electron chi connectivity index (χ4n) is 2.67. The van der Waals surface area contributed by atoms with Gasteiger partial charge in [0.2, 0.25) is 0 Å². The molecule has 4 nitrogen and oxygen atoms in total. The van der Waals surface area contributed by atoms with Crippen LogP contribution in [0.15, 0.2) is 4.99 Å². The minimum atomic E-state index is 0.251. The second kappa shape index (κ2) is 5.04. The van der Waals surface area contributed by atoms with Crippen LogP contribution in [0.4, 0.5) is 0 Å². The van der Waals surface area contributed by atoms with Crippen molar-refractivity contribution in [1.29, 1.82) is 0 Å². The van der Waals surface area contributed by atoms with E-state index in [9.17, 15) is 0 Å². The molecule has 0 aromatic heterocycles. The topological polar surface area (TPSA) is 50.8 Å². The van der Waals surface area contributed by atoms with Gasteiger partial charge in [0.15, 0.2) is 5.96 Å². The summed E-state index contributed by atoms with van der Waals surface area (Å²) in [5.41, 5.74) is 6.07. The van der Waals surface area contributed by atoms with Gasteiger partial charge in [-0.2, -0.15) is 0 Å². The summed E-state index contributed by atoms with van der Waals surface area (Å²) in [5, 5.41) is 0. The van der Waals surface area contributed by atoms with Gasteiger partial charge in [-0.15, -0.1) is 0 Å². The van der Waals surface area contributed by atoms with Crippen LogP contribution in [-0.2, 0) is 4.74 Å². The summed E-state index contributed by atoms with van der Waals surface area (Å²) >= 11 is 0. The van der Waals surface area contributed by atoms with Crippen LogP contribution in [0.1, 0.15) is 39.5 Å². The largest absolute Gasteiger partial charge is 0.372 e. The molecule has 16 heavy (non-hydrogen) atoms. The molecule has 2 fully saturated rings. The molecule has 1 heterocycles. The molecular weight excluding hydrogens is 202 g/mol. The Labute approximate surface area is 97.9 Å².